The maximum atomic E-state index is 13.7. The Morgan fingerprint density at radius 2 is 2.11 bits per heavy atom. The van der Waals surface area contributed by atoms with Crippen LogP contribution in [0.25, 0.3) is 10.9 Å². The number of rotatable bonds is 4. The molecule has 1 aliphatic rings. The van der Waals surface area contributed by atoms with Gasteiger partial charge in [0, 0.05) is 35.3 Å². The average molecular weight is 258 g/mol. The summed E-state index contributed by atoms with van der Waals surface area (Å²) in [6.45, 7) is 4.87. The van der Waals surface area contributed by atoms with Crippen LogP contribution >= 0.6 is 0 Å². The van der Waals surface area contributed by atoms with Gasteiger partial charge in [-0.1, -0.05) is 6.92 Å². The van der Waals surface area contributed by atoms with Crippen LogP contribution in [-0.4, -0.2) is 11.5 Å². The lowest BCUT2D eigenvalue weighted by Crippen LogP contribution is -2.03. The summed E-state index contributed by atoms with van der Waals surface area (Å²) in [7, 11) is 0. The van der Waals surface area contributed by atoms with Gasteiger partial charge in [-0.15, -0.1) is 0 Å². The minimum absolute atomic E-state index is 0.172. The molecule has 2 nitrogen and oxygen atoms in total. The number of nitrogens with one attached hydrogen (secondary N) is 1. The van der Waals surface area contributed by atoms with E-state index >= 15 is 0 Å². The zero-order valence-electron chi connectivity index (χ0n) is 11.5. The van der Waals surface area contributed by atoms with Gasteiger partial charge in [0.15, 0.2) is 0 Å². The van der Waals surface area contributed by atoms with E-state index in [1.165, 1.54) is 12.8 Å². The van der Waals surface area contributed by atoms with Gasteiger partial charge in [-0.05, 0) is 43.9 Å². The van der Waals surface area contributed by atoms with Gasteiger partial charge < -0.3 is 5.32 Å². The SMILES string of the molecule is CCCNc1cc(C2CC2)nc2cc(F)c(C)cc12. The molecule has 19 heavy (non-hydrogen) atoms. The minimum Gasteiger partial charge on any atom is -0.384 e. The van der Waals surface area contributed by atoms with Gasteiger partial charge in [0.2, 0.25) is 0 Å². The van der Waals surface area contributed by atoms with Crippen LogP contribution in [0.1, 0.15) is 43.4 Å². The number of aromatic nitrogens is 1. The zero-order valence-corrected chi connectivity index (χ0v) is 11.5. The quantitative estimate of drug-likeness (QED) is 0.880. The molecule has 0 unspecified atom stereocenters. The molecule has 0 saturated heterocycles. The van der Waals surface area contributed by atoms with Gasteiger partial charge in [-0.2, -0.15) is 0 Å². The third kappa shape index (κ3) is 2.42. The summed E-state index contributed by atoms with van der Waals surface area (Å²) >= 11 is 0. The van der Waals surface area contributed by atoms with Crippen molar-refractivity contribution in [3.63, 3.8) is 0 Å². The standard InChI is InChI=1S/C16H19FN2/c1-3-6-18-15-9-14(11-4-5-11)19-16-8-13(17)10(2)7-12(15)16/h7-9,11H,3-6H2,1-2H3,(H,18,19). The van der Waals surface area contributed by atoms with Crippen molar-refractivity contribution in [3.8, 4) is 0 Å². The van der Waals surface area contributed by atoms with E-state index in [4.69, 9.17) is 0 Å². The van der Waals surface area contributed by atoms with E-state index in [0.29, 0.717) is 11.5 Å². The molecule has 0 spiro atoms. The lowest BCUT2D eigenvalue weighted by molar-refractivity contribution is 0.620. The first-order chi connectivity index (χ1) is 9.19. The molecule has 1 aliphatic carbocycles. The molecule has 3 heteroatoms. The van der Waals surface area contributed by atoms with Crippen molar-refractivity contribution in [2.24, 2.45) is 0 Å². The highest BCUT2D eigenvalue weighted by atomic mass is 19.1. The Hall–Kier alpha value is -1.64. The fraction of sp³-hybridized carbons (Fsp3) is 0.438. The van der Waals surface area contributed by atoms with Gasteiger partial charge >= 0.3 is 0 Å². The van der Waals surface area contributed by atoms with E-state index in [0.717, 1.165) is 35.2 Å². The first-order valence-corrected chi connectivity index (χ1v) is 7.03. The Morgan fingerprint density at radius 3 is 2.79 bits per heavy atom. The van der Waals surface area contributed by atoms with Gasteiger partial charge in [0.1, 0.15) is 5.82 Å². The maximum absolute atomic E-state index is 13.7. The molecule has 1 heterocycles. The van der Waals surface area contributed by atoms with Gasteiger partial charge in [-0.25, -0.2) is 4.39 Å². The van der Waals surface area contributed by atoms with E-state index in [1.807, 2.05) is 6.07 Å². The minimum atomic E-state index is -0.172. The van der Waals surface area contributed by atoms with Crippen molar-refractivity contribution >= 4 is 16.6 Å². The number of hydrogen-bond donors (Lipinski definition) is 1. The van der Waals surface area contributed by atoms with Crippen molar-refractivity contribution in [2.45, 2.75) is 39.0 Å². The van der Waals surface area contributed by atoms with Crippen LogP contribution < -0.4 is 5.32 Å². The van der Waals surface area contributed by atoms with Crippen molar-refractivity contribution in [1.29, 1.82) is 0 Å². The highest BCUT2D eigenvalue weighted by Crippen LogP contribution is 2.41. The van der Waals surface area contributed by atoms with Crippen LogP contribution in [0, 0.1) is 12.7 Å². The lowest BCUT2D eigenvalue weighted by Gasteiger charge is -2.12. The first kappa shape index (κ1) is 12.4. The number of nitrogens with zero attached hydrogens (tertiary/aromatic N) is 1. The zero-order chi connectivity index (χ0) is 13.4. The summed E-state index contributed by atoms with van der Waals surface area (Å²) in [4.78, 5) is 4.63. The first-order valence-electron chi connectivity index (χ1n) is 7.03. The smallest absolute Gasteiger partial charge is 0.128 e. The molecule has 2 aromatic rings. The fourth-order valence-electron chi connectivity index (χ4n) is 2.37. The van der Waals surface area contributed by atoms with Crippen LogP contribution in [0.2, 0.25) is 0 Å². The molecule has 1 fully saturated rings. The van der Waals surface area contributed by atoms with E-state index in [1.54, 1.807) is 13.0 Å². The maximum Gasteiger partial charge on any atom is 0.128 e. The summed E-state index contributed by atoms with van der Waals surface area (Å²) in [6.07, 6.45) is 3.49. The molecular formula is C16H19FN2. The highest BCUT2D eigenvalue weighted by molar-refractivity contribution is 5.92. The monoisotopic (exact) mass is 258 g/mol. The van der Waals surface area contributed by atoms with Gasteiger partial charge in [0.25, 0.3) is 0 Å². The van der Waals surface area contributed by atoms with Crippen molar-refractivity contribution in [3.05, 3.63) is 35.3 Å². The van der Waals surface area contributed by atoms with Crippen LogP contribution in [-0.2, 0) is 0 Å². The Balaban J connectivity index is 2.14. The predicted octanol–water partition coefficient (Wildman–Crippen LogP) is 4.38. The molecule has 0 atom stereocenters. The Labute approximate surface area is 113 Å². The second kappa shape index (κ2) is 4.80. The normalized spacial score (nSPS) is 14.9. The molecule has 0 aliphatic heterocycles. The van der Waals surface area contributed by atoms with E-state index in [-0.39, 0.29) is 5.82 Å². The van der Waals surface area contributed by atoms with Gasteiger partial charge in [-0.3, -0.25) is 4.98 Å². The largest absolute Gasteiger partial charge is 0.384 e. The Morgan fingerprint density at radius 1 is 1.32 bits per heavy atom. The summed E-state index contributed by atoms with van der Waals surface area (Å²) in [5, 5.41) is 4.47. The molecule has 3 rings (SSSR count). The Bertz CT molecular complexity index is 618. The molecule has 0 bridgehead atoms. The second-order valence-corrected chi connectivity index (χ2v) is 5.41. The number of fused-ring (bicyclic) bond motifs is 1. The van der Waals surface area contributed by atoms with Crippen molar-refractivity contribution < 1.29 is 4.39 Å². The topological polar surface area (TPSA) is 24.9 Å². The summed E-state index contributed by atoms with van der Waals surface area (Å²) < 4.78 is 13.7. The summed E-state index contributed by atoms with van der Waals surface area (Å²) in [5.41, 5.74) is 3.64. The Kier molecular flexibility index (Phi) is 3.13. The molecule has 0 amide bonds. The second-order valence-electron chi connectivity index (χ2n) is 5.41. The van der Waals surface area contributed by atoms with Gasteiger partial charge in [0.05, 0.1) is 5.52 Å². The number of benzene rings is 1. The fourth-order valence-corrected chi connectivity index (χ4v) is 2.37. The summed E-state index contributed by atoms with van der Waals surface area (Å²) in [5.74, 6) is 0.408. The van der Waals surface area contributed by atoms with Crippen LogP contribution in [0.5, 0.6) is 0 Å². The third-order valence-electron chi connectivity index (χ3n) is 3.67. The average Bonchev–Trinajstić information content (AvgIpc) is 3.22. The summed E-state index contributed by atoms with van der Waals surface area (Å²) in [6, 6.07) is 5.60. The predicted molar refractivity (Wildman–Crippen MR) is 77.2 cm³/mol. The number of aryl methyl sites for hydroxylation is 1. The van der Waals surface area contributed by atoms with Crippen molar-refractivity contribution in [2.75, 3.05) is 11.9 Å². The van der Waals surface area contributed by atoms with Crippen LogP contribution in [0.3, 0.4) is 0 Å². The molecule has 1 aromatic heterocycles. The molecule has 100 valence electrons. The van der Waals surface area contributed by atoms with Crippen LogP contribution in [0.4, 0.5) is 10.1 Å². The molecule has 1 N–H and O–H groups in total. The number of anilines is 1. The van der Waals surface area contributed by atoms with Crippen molar-refractivity contribution in [1.82, 2.24) is 4.98 Å². The van der Waals surface area contributed by atoms with E-state index < -0.39 is 0 Å². The highest BCUT2D eigenvalue weighted by Gasteiger charge is 2.26. The molecule has 0 radical (unpaired) electrons. The van der Waals surface area contributed by atoms with E-state index in [9.17, 15) is 4.39 Å². The molecular weight excluding hydrogens is 239 g/mol. The molecule has 1 saturated carbocycles. The number of halogens is 1. The van der Waals surface area contributed by atoms with E-state index in [2.05, 4.69) is 23.3 Å². The molecule has 1 aromatic carbocycles. The lowest BCUT2D eigenvalue weighted by atomic mass is 10.1. The number of hydrogen-bond acceptors (Lipinski definition) is 2. The van der Waals surface area contributed by atoms with Crippen LogP contribution in [0.15, 0.2) is 18.2 Å². The third-order valence-corrected chi connectivity index (χ3v) is 3.67. The number of pyridine rings is 1.